The fourth-order valence-corrected chi connectivity index (χ4v) is 3.27. The normalized spacial score (nSPS) is 16.7. The highest BCUT2D eigenvalue weighted by molar-refractivity contribution is 6.16. The van der Waals surface area contributed by atoms with E-state index in [4.69, 9.17) is 5.73 Å². The maximum atomic E-state index is 12.9. The molecule has 1 aromatic heterocycles. The van der Waals surface area contributed by atoms with E-state index < -0.39 is 0 Å². The lowest BCUT2D eigenvalue weighted by Gasteiger charge is -2.08. The number of rotatable bonds is 2. The third-order valence-corrected chi connectivity index (χ3v) is 4.45. The van der Waals surface area contributed by atoms with Gasteiger partial charge in [0.15, 0.2) is 5.78 Å². The summed E-state index contributed by atoms with van der Waals surface area (Å²) in [4.78, 5) is 17.0. The SMILES string of the molecule is N[C@@H]1CCc2cc(C(=O)c3cccc4cnccc34)ccc21. The van der Waals surface area contributed by atoms with E-state index in [0.29, 0.717) is 0 Å². The molecule has 2 aromatic carbocycles. The summed E-state index contributed by atoms with van der Waals surface area (Å²) in [6.45, 7) is 0. The molecular weight excluding hydrogens is 272 g/mol. The number of hydrogen-bond acceptors (Lipinski definition) is 3. The zero-order valence-electron chi connectivity index (χ0n) is 12.1. The minimum Gasteiger partial charge on any atom is -0.324 e. The molecule has 0 saturated heterocycles. The molecule has 0 aliphatic heterocycles. The number of pyridine rings is 1. The third-order valence-electron chi connectivity index (χ3n) is 4.45. The molecule has 0 spiro atoms. The van der Waals surface area contributed by atoms with Crippen molar-refractivity contribution in [3.8, 4) is 0 Å². The van der Waals surface area contributed by atoms with Crippen LogP contribution in [0.25, 0.3) is 10.8 Å². The van der Waals surface area contributed by atoms with E-state index >= 15 is 0 Å². The Hall–Kier alpha value is -2.52. The summed E-state index contributed by atoms with van der Waals surface area (Å²) in [6.07, 6.45) is 5.43. The van der Waals surface area contributed by atoms with Crippen LogP contribution in [-0.2, 0) is 6.42 Å². The van der Waals surface area contributed by atoms with Crippen molar-refractivity contribution in [3.05, 3.63) is 77.1 Å². The van der Waals surface area contributed by atoms with E-state index in [0.717, 1.165) is 34.7 Å². The fraction of sp³-hybridized carbons (Fsp3) is 0.158. The molecular formula is C19H16N2O. The van der Waals surface area contributed by atoms with E-state index in [1.54, 1.807) is 12.4 Å². The lowest BCUT2D eigenvalue weighted by molar-refractivity contribution is 0.104. The van der Waals surface area contributed by atoms with Crippen LogP contribution in [0.2, 0.25) is 0 Å². The van der Waals surface area contributed by atoms with Crippen molar-refractivity contribution in [3.63, 3.8) is 0 Å². The number of nitrogens with two attached hydrogens (primary N) is 1. The number of hydrogen-bond donors (Lipinski definition) is 1. The van der Waals surface area contributed by atoms with Crippen molar-refractivity contribution in [2.24, 2.45) is 5.73 Å². The number of fused-ring (bicyclic) bond motifs is 2. The molecule has 0 amide bonds. The van der Waals surface area contributed by atoms with Gasteiger partial charge < -0.3 is 5.73 Å². The van der Waals surface area contributed by atoms with Gasteiger partial charge in [-0.3, -0.25) is 9.78 Å². The minimum atomic E-state index is 0.0556. The van der Waals surface area contributed by atoms with Crippen molar-refractivity contribution in [1.29, 1.82) is 0 Å². The van der Waals surface area contributed by atoms with Crippen molar-refractivity contribution < 1.29 is 4.79 Å². The number of aromatic nitrogens is 1. The Labute approximate surface area is 128 Å². The average molecular weight is 288 g/mol. The maximum Gasteiger partial charge on any atom is 0.193 e. The zero-order valence-corrected chi connectivity index (χ0v) is 12.1. The van der Waals surface area contributed by atoms with E-state index in [-0.39, 0.29) is 11.8 Å². The fourth-order valence-electron chi connectivity index (χ4n) is 3.27. The van der Waals surface area contributed by atoms with Crippen LogP contribution in [0.4, 0.5) is 0 Å². The first-order valence-corrected chi connectivity index (χ1v) is 7.50. The summed E-state index contributed by atoms with van der Waals surface area (Å²) < 4.78 is 0. The molecule has 3 nitrogen and oxygen atoms in total. The average Bonchev–Trinajstić information content (AvgIpc) is 2.94. The van der Waals surface area contributed by atoms with E-state index in [9.17, 15) is 4.79 Å². The molecule has 108 valence electrons. The van der Waals surface area contributed by atoms with Crippen LogP contribution in [0, 0.1) is 0 Å². The summed E-state index contributed by atoms with van der Waals surface area (Å²) in [5.74, 6) is 0.0556. The van der Waals surface area contributed by atoms with Gasteiger partial charge in [-0.1, -0.05) is 30.3 Å². The first-order chi connectivity index (χ1) is 10.7. The molecule has 4 rings (SSSR count). The van der Waals surface area contributed by atoms with Crippen molar-refractivity contribution >= 4 is 16.6 Å². The van der Waals surface area contributed by atoms with Crippen LogP contribution < -0.4 is 5.73 Å². The highest BCUT2D eigenvalue weighted by Gasteiger charge is 2.21. The van der Waals surface area contributed by atoms with Gasteiger partial charge in [-0.05, 0) is 41.5 Å². The number of carbonyl (C=O) groups excluding carboxylic acids is 1. The summed E-state index contributed by atoms with van der Waals surface area (Å²) in [5.41, 5.74) is 9.91. The highest BCUT2D eigenvalue weighted by Crippen LogP contribution is 2.31. The minimum absolute atomic E-state index is 0.0556. The smallest absolute Gasteiger partial charge is 0.193 e. The molecule has 0 radical (unpaired) electrons. The van der Waals surface area contributed by atoms with Crippen LogP contribution in [-0.4, -0.2) is 10.8 Å². The Morgan fingerprint density at radius 2 is 2.09 bits per heavy atom. The van der Waals surface area contributed by atoms with Crippen molar-refractivity contribution in [2.45, 2.75) is 18.9 Å². The first-order valence-electron chi connectivity index (χ1n) is 7.50. The molecule has 0 saturated carbocycles. The van der Waals surface area contributed by atoms with Gasteiger partial charge in [0.2, 0.25) is 0 Å². The van der Waals surface area contributed by atoms with Gasteiger partial charge >= 0.3 is 0 Å². The lowest BCUT2D eigenvalue weighted by atomic mass is 9.96. The maximum absolute atomic E-state index is 12.9. The Morgan fingerprint density at radius 3 is 3.00 bits per heavy atom. The quantitative estimate of drug-likeness (QED) is 0.735. The molecule has 1 heterocycles. The zero-order chi connectivity index (χ0) is 15.1. The van der Waals surface area contributed by atoms with Crippen LogP contribution in [0.5, 0.6) is 0 Å². The Kier molecular flexibility index (Phi) is 3.01. The number of nitrogens with zero attached hydrogens (tertiary/aromatic N) is 1. The second kappa shape index (κ2) is 5.04. The second-order valence-corrected chi connectivity index (χ2v) is 5.79. The van der Waals surface area contributed by atoms with Crippen molar-refractivity contribution in [1.82, 2.24) is 4.98 Å². The molecule has 22 heavy (non-hydrogen) atoms. The first kappa shape index (κ1) is 13.2. The van der Waals surface area contributed by atoms with Gasteiger partial charge in [0.25, 0.3) is 0 Å². The molecule has 3 heteroatoms. The second-order valence-electron chi connectivity index (χ2n) is 5.79. The number of carbonyl (C=O) groups is 1. The predicted molar refractivity (Wildman–Crippen MR) is 86.9 cm³/mol. The molecule has 0 bridgehead atoms. The largest absolute Gasteiger partial charge is 0.324 e. The Bertz CT molecular complexity index is 880. The van der Waals surface area contributed by atoms with E-state index in [1.807, 2.05) is 42.5 Å². The summed E-state index contributed by atoms with van der Waals surface area (Å²) in [5, 5.41) is 1.93. The molecule has 1 atom stereocenters. The summed E-state index contributed by atoms with van der Waals surface area (Å²) >= 11 is 0. The monoisotopic (exact) mass is 288 g/mol. The van der Waals surface area contributed by atoms with Crippen molar-refractivity contribution in [2.75, 3.05) is 0 Å². The van der Waals surface area contributed by atoms with Crippen LogP contribution in [0.3, 0.4) is 0 Å². The topological polar surface area (TPSA) is 56.0 Å². The van der Waals surface area contributed by atoms with E-state index in [1.165, 1.54) is 11.1 Å². The van der Waals surface area contributed by atoms with Crippen LogP contribution in [0.15, 0.2) is 54.9 Å². The molecule has 1 aliphatic carbocycles. The van der Waals surface area contributed by atoms with Crippen LogP contribution >= 0.6 is 0 Å². The van der Waals surface area contributed by atoms with Gasteiger partial charge in [-0.15, -0.1) is 0 Å². The number of ketones is 1. The molecule has 3 aromatic rings. The lowest BCUT2D eigenvalue weighted by Crippen LogP contribution is -2.06. The number of benzene rings is 2. The third kappa shape index (κ3) is 2.02. The van der Waals surface area contributed by atoms with Gasteiger partial charge in [-0.2, -0.15) is 0 Å². The van der Waals surface area contributed by atoms with Crippen LogP contribution in [0.1, 0.15) is 39.5 Å². The van der Waals surface area contributed by atoms with Gasteiger partial charge in [-0.25, -0.2) is 0 Å². The molecule has 2 N–H and O–H groups in total. The molecule has 0 unspecified atom stereocenters. The predicted octanol–water partition coefficient (Wildman–Crippen LogP) is 3.41. The van der Waals surface area contributed by atoms with Gasteiger partial charge in [0.05, 0.1) is 0 Å². The standard InChI is InChI=1S/C19H16N2O/c20-18-7-5-12-10-13(4-6-16(12)18)19(22)17-3-1-2-14-11-21-9-8-15(14)17/h1-4,6,8-11,18H,5,7,20H2/t18-/m1/s1. The molecule has 0 fully saturated rings. The highest BCUT2D eigenvalue weighted by atomic mass is 16.1. The van der Waals surface area contributed by atoms with Gasteiger partial charge in [0, 0.05) is 34.9 Å². The molecule has 1 aliphatic rings. The van der Waals surface area contributed by atoms with E-state index in [2.05, 4.69) is 4.98 Å². The number of aryl methyl sites for hydroxylation is 1. The Morgan fingerprint density at radius 1 is 1.18 bits per heavy atom. The Balaban J connectivity index is 1.81. The summed E-state index contributed by atoms with van der Waals surface area (Å²) in [6, 6.07) is 13.7. The van der Waals surface area contributed by atoms with Gasteiger partial charge in [0.1, 0.15) is 0 Å². The summed E-state index contributed by atoms with van der Waals surface area (Å²) in [7, 11) is 0.